The van der Waals surface area contributed by atoms with Gasteiger partial charge in [0.25, 0.3) is 0 Å². The highest BCUT2D eigenvalue weighted by Crippen LogP contribution is 2.23. The predicted octanol–water partition coefficient (Wildman–Crippen LogP) is 1.50. The van der Waals surface area contributed by atoms with E-state index in [4.69, 9.17) is 0 Å². The summed E-state index contributed by atoms with van der Waals surface area (Å²) in [5.41, 5.74) is 1.08. The molecular formula is C11H15NO. The Morgan fingerprint density at radius 2 is 2.08 bits per heavy atom. The molecule has 2 rings (SSSR count). The number of phenols is 1. The largest absolute Gasteiger partial charge is 0.508 e. The summed E-state index contributed by atoms with van der Waals surface area (Å²) in [7, 11) is 2.13. The Balaban J connectivity index is 1.98. The molecular weight excluding hydrogens is 162 g/mol. The molecule has 0 aliphatic carbocycles. The summed E-state index contributed by atoms with van der Waals surface area (Å²) in [5, 5.41) is 9.53. The number of hydrogen-bond donors (Lipinski definition) is 1. The van der Waals surface area contributed by atoms with Gasteiger partial charge in [-0.15, -0.1) is 0 Å². The molecule has 0 unspecified atom stereocenters. The highest BCUT2D eigenvalue weighted by atomic mass is 16.3. The molecule has 0 bridgehead atoms. The highest BCUT2D eigenvalue weighted by molar-refractivity contribution is 5.32. The fourth-order valence-corrected chi connectivity index (χ4v) is 1.95. The quantitative estimate of drug-likeness (QED) is 0.740. The van der Waals surface area contributed by atoms with E-state index in [1.54, 1.807) is 6.07 Å². The van der Waals surface area contributed by atoms with Crippen molar-refractivity contribution in [1.82, 2.24) is 4.90 Å². The van der Waals surface area contributed by atoms with Gasteiger partial charge in [-0.1, -0.05) is 18.2 Å². The predicted molar refractivity (Wildman–Crippen MR) is 52.8 cm³/mol. The van der Waals surface area contributed by atoms with Gasteiger partial charge in [-0.2, -0.15) is 0 Å². The Kier molecular flexibility index (Phi) is 2.23. The fourth-order valence-electron chi connectivity index (χ4n) is 1.95. The van der Waals surface area contributed by atoms with Crippen LogP contribution in [0.4, 0.5) is 0 Å². The second-order valence-electron chi connectivity index (χ2n) is 3.92. The number of rotatable bonds is 2. The highest BCUT2D eigenvalue weighted by Gasteiger charge is 2.23. The molecule has 0 spiro atoms. The number of aromatic hydroxyl groups is 1. The van der Waals surface area contributed by atoms with E-state index in [1.807, 2.05) is 18.2 Å². The first-order chi connectivity index (χ1) is 6.25. The van der Waals surface area contributed by atoms with Crippen molar-refractivity contribution in [2.24, 2.45) is 5.92 Å². The van der Waals surface area contributed by atoms with E-state index in [9.17, 15) is 5.11 Å². The van der Waals surface area contributed by atoms with E-state index in [0.29, 0.717) is 5.75 Å². The zero-order chi connectivity index (χ0) is 9.26. The number of benzene rings is 1. The van der Waals surface area contributed by atoms with Gasteiger partial charge >= 0.3 is 0 Å². The number of hydrogen-bond acceptors (Lipinski definition) is 2. The molecule has 70 valence electrons. The maximum Gasteiger partial charge on any atom is 0.118 e. The summed E-state index contributed by atoms with van der Waals surface area (Å²) >= 11 is 0. The lowest BCUT2D eigenvalue weighted by molar-refractivity contribution is 0.134. The smallest absolute Gasteiger partial charge is 0.118 e. The topological polar surface area (TPSA) is 23.5 Å². The Hall–Kier alpha value is -1.02. The van der Waals surface area contributed by atoms with Gasteiger partial charge in [0.15, 0.2) is 0 Å². The molecule has 2 heteroatoms. The van der Waals surface area contributed by atoms with Crippen molar-refractivity contribution >= 4 is 0 Å². The number of phenolic OH excluding ortho intramolecular Hbond substituents is 1. The van der Waals surface area contributed by atoms with Crippen LogP contribution < -0.4 is 0 Å². The Labute approximate surface area is 78.8 Å². The summed E-state index contributed by atoms with van der Waals surface area (Å²) in [5.74, 6) is 1.18. The van der Waals surface area contributed by atoms with Crippen molar-refractivity contribution in [3.05, 3.63) is 29.8 Å². The normalized spacial score (nSPS) is 18.5. The van der Waals surface area contributed by atoms with E-state index < -0.39 is 0 Å². The first-order valence-electron chi connectivity index (χ1n) is 4.71. The van der Waals surface area contributed by atoms with E-state index in [1.165, 1.54) is 0 Å². The van der Waals surface area contributed by atoms with Crippen LogP contribution in [0.25, 0.3) is 0 Å². The summed E-state index contributed by atoms with van der Waals surface area (Å²) in [6.45, 7) is 2.32. The lowest BCUT2D eigenvalue weighted by atomic mass is 9.92. The van der Waals surface area contributed by atoms with E-state index in [-0.39, 0.29) is 0 Å². The van der Waals surface area contributed by atoms with Gasteiger partial charge < -0.3 is 10.0 Å². The third-order valence-corrected chi connectivity index (χ3v) is 2.64. The third kappa shape index (κ3) is 1.83. The maximum atomic E-state index is 9.53. The van der Waals surface area contributed by atoms with Gasteiger partial charge in [0.1, 0.15) is 5.75 Å². The Morgan fingerprint density at radius 3 is 2.69 bits per heavy atom. The molecule has 0 radical (unpaired) electrons. The average Bonchev–Trinajstić information content (AvgIpc) is 2.06. The van der Waals surface area contributed by atoms with Gasteiger partial charge in [-0.05, 0) is 31.0 Å². The molecule has 0 amide bonds. The summed E-state index contributed by atoms with van der Waals surface area (Å²) < 4.78 is 0. The number of nitrogens with zero attached hydrogens (tertiary/aromatic N) is 1. The van der Waals surface area contributed by atoms with Gasteiger partial charge in [0.2, 0.25) is 0 Å². The van der Waals surface area contributed by atoms with Crippen LogP contribution in [0.15, 0.2) is 24.3 Å². The second-order valence-corrected chi connectivity index (χ2v) is 3.92. The number of para-hydroxylation sites is 1. The SMILES string of the molecule is CN1CC(Cc2ccccc2O)C1. The molecule has 1 aliphatic rings. The molecule has 1 aromatic carbocycles. The van der Waals surface area contributed by atoms with Crippen LogP contribution in [-0.4, -0.2) is 30.1 Å². The van der Waals surface area contributed by atoms with Gasteiger partial charge in [0, 0.05) is 13.1 Å². The lowest BCUT2D eigenvalue weighted by Gasteiger charge is -2.36. The molecule has 0 atom stereocenters. The van der Waals surface area contributed by atoms with Crippen LogP contribution in [0, 0.1) is 5.92 Å². The van der Waals surface area contributed by atoms with E-state index in [0.717, 1.165) is 31.0 Å². The van der Waals surface area contributed by atoms with E-state index >= 15 is 0 Å². The molecule has 0 saturated carbocycles. The molecule has 1 aliphatic heterocycles. The minimum absolute atomic E-state index is 0.442. The minimum Gasteiger partial charge on any atom is -0.508 e. The Morgan fingerprint density at radius 1 is 1.38 bits per heavy atom. The second kappa shape index (κ2) is 3.38. The van der Waals surface area contributed by atoms with Crippen LogP contribution in [0.3, 0.4) is 0 Å². The van der Waals surface area contributed by atoms with Crippen molar-refractivity contribution in [1.29, 1.82) is 0 Å². The monoisotopic (exact) mass is 177 g/mol. The standard InChI is InChI=1S/C11H15NO/c1-12-7-9(8-12)6-10-4-2-3-5-11(10)13/h2-5,9,13H,6-8H2,1H3. The van der Waals surface area contributed by atoms with Crippen molar-refractivity contribution in [3.8, 4) is 5.75 Å². The lowest BCUT2D eigenvalue weighted by Crippen LogP contribution is -2.44. The number of likely N-dealkylation sites (tertiary alicyclic amines) is 1. The fraction of sp³-hybridized carbons (Fsp3) is 0.455. The van der Waals surface area contributed by atoms with Gasteiger partial charge in [-0.3, -0.25) is 0 Å². The van der Waals surface area contributed by atoms with E-state index in [2.05, 4.69) is 11.9 Å². The van der Waals surface area contributed by atoms with Crippen molar-refractivity contribution in [2.45, 2.75) is 6.42 Å². The zero-order valence-electron chi connectivity index (χ0n) is 7.90. The molecule has 1 fully saturated rings. The van der Waals surface area contributed by atoms with Crippen LogP contribution >= 0.6 is 0 Å². The van der Waals surface area contributed by atoms with Crippen molar-refractivity contribution in [3.63, 3.8) is 0 Å². The van der Waals surface area contributed by atoms with Crippen LogP contribution in [0.5, 0.6) is 5.75 Å². The van der Waals surface area contributed by atoms with Gasteiger partial charge in [0.05, 0.1) is 0 Å². The molecule has 0 aromatic heterocycles. The first-order valence-corrected chi connectivity index (χ1v) is 4.71. The molecule has 2 nitrogen and oxygen atoms in total. The average molecular weight is 177 g/mol. The van der Waals surface area contributed by atoms with Crippen LogP contribution in [0.2, 0.25) is 0 Å². The van der Waals surface area contributed by atoms with Crippen LogP contribution in [-0.2, 0) is 6.42 Å². The summed E-state index contributed by atoms with van der Waals surface area (Å²) in [6.07, 6.45) is 1.01. The summed E-state index contributed by atoms with van der Waals surface area (Å²) in [4.78, 5) is 2.30. The zero-order valence-corrected chi connectivity index (χ0v) is 7.90. The summed E-state index contributed by atoms with van der Waals surface area (Å²) in [6, 6.07) is 7.62. The van der Waals surface area contributed by atoms with Gasteiger partial charge in [-0.25, -0.2) is 0 Å². The maximum absolute atomic E-state index is 9.53. The Bertz CT molecular complexity index is 292. The molecule has 13 heavy (non-hydrogen) atoms. The van der Waals surface area contributed by atoms with Crippen molar-refractivity contribution < 1.29 is 5.11 Å². The minimum atomic E-state index is 0.442. The first kappa shape index (κ1) is 8.57. The van der Waals surface area contributed by atoms with Crippen molar-refractivity contribution in [2.75, 3.05) is 20.1 Å². The molecule has 1 aromatic rings. The molecule has 1 N–H and O–H groups in total. The molecule has 1 saturated heterocycles. The van der Waals surface area contributed by atoms with Crippen LogP contribution in [0.1, 0.15) is 5.56 Å². The third-order valence-electron chi connectivity index (χ3n) is 2.64. The molecule has 1 heterocycles.